The van der Waals surface area contributed by atoms with Gasteiger partial charge in [-0.15, -0.1) is 0 Å². The average Bonchev–Trinajstić information content (AvgIpc) is 3.25. The number of hydrogen-bond donors (Lipinski definition) is 3. The van der Waals surface area contributed by atoms with Crippen LogP contribution in [-0.2, 0) is 19.6 Å². The fourth-order valence-corrected chi connectivity index (χ4v) is 2.57. The predicted octanol–water partition coefficient (Wildman–Crippen LogP) is 0.846. The molecule has 0 aliphatic rings. The van der Waals surface area contributed by atoms with Crippen LogP contribution in [0, 0.1) is 0 Å². The van der Waals surface area contributed by atoms with E-state index in [1.807, 2.05) is 6.92 Å². The summed E-state index contributed by atoms with van der Waals surface area (Å²) in [5.41, 5.74) is 1.56. The number of nitrogens with one attached hydrogen (secondary N) is 3. The van der Waals surface area contributed by atoms with E-state index in [0.29, 0.717) is 24.3 Å². The van der Waals surface area contributed by atoms with Gasteiger partial charge in [0, 0.05) is 49.5 Å². The first-order chi connectivity index (χ1) is 13.6. The number of rotatable bonds is 7. The minimum atomic E-state index is -0.348. The van der Waals surface area contributed by atoms with Gasteiger partial charge in [-0.1, -0.05) is 0 Å². The van der Waals surface area contributed by atoms with Gasteiger partial charge in [0.05, 0.1) is 12.2 Å². The Bertz CT molecular complexity index is 1030. The van der Waals surface area contributed by atoms with Crippen molar-refractivity contribution in [2.45, 2.75) is 26.6 Å². The van der Waals surface area contributed by atoms with E-state index in [2.05, 4.69) is 25.6 Å². The topological polar surface area (TPSA) is 122 Å². The van der Waals surface area contributed by atoms with Crippen molar-refractivity contribution in [2.24, 2.45) is 0 Å². The summed E-state index contributed by atoms with van der Waals surface area (Å²) in [7, 11) is 0. The molecule has 3 heterocycles. The smallest absolute Gasteiger partial charge is 0.287 e. The van der Waals surface area contributed by atoms with E-state index in [0.717, 1.165) is 5.56 Å². The van der Waals surface area contributed by atoms with Crippen LogP contribution in [0.25, 0.3) is 0 Å². The first-order valence-corrected chi connectivity index (χ1v) is 8.77. The molecule has 0 aliphatic heterocycles. The van der Waals surface area contributed by atoms with Crippen molar-refractivity contribution in [1.82, 2.24) is 30.2 Å². The lowest BCUT2D eigenvalue weighted by molar-refractivity contribution is 0.0937. The van der Waals surface area contributed by atoms with Gasteiger partial charge in [-0.05, 0) is 30.7 Å². The van der Waals surface area contributed by atoms with Crippen LogP contribution in [0.5, 0.6) is 0 Å². The normalized spacial score (nSPS) is 10.5. The van der Waals surface area contributed by atoms with E-state index in [1.165, 1.54) is 16.8 Å². The highest BCUT2D eigenvalue weighted by molar-refractivity contribution is 5.93. The predicted molar refractivity (Wildman–Crippen MR) is 102 cm³/mol. The summed E-state index contributed by atoms with van der Waals surface area (Å²) in [4.78, 5) is 46.8. The monoisotopic (exact) mass is 380 g/mol. The zero-order valence-electron chi connectivity index (χ0n) is 15.3. The number of amides is 2. The Morgan fingerprint density at radius 2 is 1.89 bits per heavy atom. The maximum atomic E-state index is 12.2. The van der Waals surface area contributed by atoms with Crippen molar-refractivity contribution in [1.29, 1.82) is 0 Å². The molecule has 3 aromatic rings. The number of aromatic amines is 1. The Balaban J connectivity index is 1.57. The largest absolute Gasteiger partial charge is 0.346 e. The van der Waals surface area contributed by atoms with Gasteiger partial charge in [-0.25, -0.2) is 4.98 Å². The van der Waals surface area contributed by atoms with E-state index in [1.54, 1.807) is 36.8 Å². The molecule has 0 spiro atoms. The van der Waals surface area contributed by atoms with Crippen molar-refractivity contribution < 1.29 is 9.59 Å². The standard InChI is InChI=1S/C19H20N6O3/c1-2-25-8-4-14(10-16(25)26)18(27)24-12-15-9-13(3-5-20-15)11-23-19(28)17-21-6-7-22-17/h3-10H,2,11-12H2,1H3,(H,21,22)(H,23,28)(H,24,27). The van der Waals surface area contributed by atoms with Gasteiger partial charge in [0.25, 0.3) is 17.4 Å². The van der Waals surface area contributed by atoms with Crippen LogP contribution >= 0.6 is 0 Å². The van der Waals surface area contributed by atoms with Crippen LogP contribution in [0.2, 0.25) is 0 Å². The van der Waals surface area contributed by atoms with Crippen molar-refractivity contribution in [3.63, 3.8) is 0 Å². The summed E-state index contributed by atoms with van der Waals surface area (Å²) in [6, 6.07) is 6.48. The molecule has 0 aromatic carbocycles. The second-order valence-corrected chi connectivity index (χ2v) is 6.00. The van der Waals surface area contributed by atoms with Gasteiger partial charge in [0.15, 0.2) is 5.82 Å². The fourth-order valence-electron chi connectivity index (χ4n) is 2.57. The molecule has 9 nitrogen and oxygen atoms in total. The molecule has 0 saturated heterocycles. The molecule has 2 amide bonds. The first kappa shape index (κ1) is 19.0. The van der Waals surface area contributed by atoms with Gasteiger partial charge in [0.1, 0.15) is 0 Å². The average molecular weight is 380 g/mol. The maximum absolute atomic E-state index is 12.2. The molecule has 144 valence electrons. The van der Waals surface area contributed by atoms with Crippen LogP contribution in [0.15, 0.2) is 53.8 Å². The van der Waals surface area contributed by atoms with E-state index < -0.39 is 0 Å². The minimum absolute atomic E-state index is 0.204. The summed E-state index contributed by atoms with van der Waals surface area (Å²) < 4.78 is 1.51. The summed E-state index contributed by atoms with van der Waals surface area (Å²) in [6.45, 7) is 2.92. The molecule has 28 heavy (non-hydrogen) atoms. The number of nitrogens with zero attached hydrogens (tertiary/aromatic N) is 3. The van der Waals surface area contributed by atoms with Crippen LogP contribution in [-0.4, -0.2) is 31.3 Å². The number of imidazole rings is 1. The number of pyridine rings is 2. The molecule has 0 radical (unpaired) electrons. The Hall–Kier alpha value is -3.75. The molecule has 0 unspecified atom stereocenters. The molecular weight excluding hydrogens is 360 g/mol. The number of carbonyl (C=O) groups is 2. The SMILES string of the molecule is CCn1ccc(C(=O)NCc2cc(CNC(=O)c3ncc[nH]3)ccn2)cc1=O. The minimum Gasteiger partial charge on any atom is -0.346 e. The number of aromatic nitrogens is 4. The molecule has 0 bridgehead atoms. The Kier molecular flexibility index (Phi) is 5.95. The second-order valence-electron chi connectivity index (χ2n) is 6.00. The molecule has 0 aliphatic carbocycles. The number of aryl methyl sites for hydroxylation is 1. The fraction of sp³-hybridized carbons (Fsp3) is 0.211. The van der Waals surface area contributed by atoms with Crippen molar-refractivity contribution in [2.75, 3.05) is 0 Å². The molecule has 0 saturated carbocycles. The van der Waals surface area contributed by atoms with Gasteiger partial charge in [0.2, 0.25) is 0 Å². The quantitative estimate of drug-likeness (QED) is 0.561. The summed E-state index contributed by atoms with van der Waals surface area (Å²) in [5, 5.41) is 5.49. The van der Waals surface area contributed by atoms with E-state index in [4.69, 9.17) is 0 Å². The van der Waals surface area contributed by atoms with Crippen LogP contribution in [0.3, 0.4) is 0 Å². The molecule has 3 N–H and O–H groups in total. The molecule has 0 fully saturated rings. The zero-order valence-corrected chi connectivity index (χ0v) is 15.3. The number of H-pyrrole nitrogens is 1. The lowest BCUT2D eigenvalue weighted by Crippen LogP contribution is -2.27. The van der Waals surface area contributed by atoms with E-state index >= 15 is 0 Å². The third kappa shape index (κ3) is 4.70. The third-order valence-corrected chi connectivity index (χ3v) is 4.08. The van der Waals surface area contributed by atoms with Gasteiger partial charge in [-0.3, -0.25) is 19.4 Å². The van der Waals surface area contributed by atoms with Crippen LogP contribution < -0.4 is 16.2 Å². The summed E-state index contributed by atoms with van der Waals surface area (Å²) in [6.07, 6.45) is 6.29. The van der Waals surface area contributed by atoms with E-state index in [9.17, 15) is 14.4 Å². The number of hydrogen-bond acceptors (Lipinski definition) is 5. The summed E-state index contributed by atoms with van der Waals surface area (Å²) >= 11 is 0. The van der Waals surface area contributed by atoms with Gasteiger partial charge < -0.3 is 20.2 Å². The highest BCUT2D eigenvalue weighted by atomic mass is 16.2. The molecular formula is C19H20N6O3. The van der Waals surface area contributed by atoms with Gasteiger partial charge in [-0.2, -0.15) is 0 Å². The Morgan fingerprint density at radius 3 is 2.61 bits per heavy atom. The molecule has 0 atom stereocenters. The molecule has 3 aromatic heterocycles. The zero-order chi connectivity index (χ0) is 19.9. The number of carbonyl (C=O) groups excluding carboxylic acids is 2. The molecule has 9 heteroatoms. The Morgan fingerprint density at radius 1 is 1.07 bits per heavy atom. The van der Waals surface area contributed by atoms with Crippen LogP contribution in [0.4, 0.5) is 0 Å². The van der Waals surface area contributed by atoms with Gasteiger partial charge >= 0.3 is 0 Å². The highest BCUT2D eigenvalue weighted by Gasteiger charge is 2.09. The van der Waals surface area contributed by atoms with Crippen molar-refractivity contribution in [3.8, 4) is 0 Å². The summed E-state index contributed by atoms with van der Waals surface area (Å²) in [5.74, 6) is -0.413. The lowest BCUT2D eigenvalue weighted by atomic mass is 10.2. The Labute approximate surface area is 160 Å². The van der Waals surface area contributed by atoms with Crippen LogP contribution in [0.1, 0.15) is 39.2 Å². The highest BCUT2D eigenvalue weighted by Crippen LogP contribution is 2.03. The maximum Gasteiger partial charge on any atom is 0.287 e. The third-order valence-electron chi connectivity index (χ3n) is 4.08. The van der Waals surface area contributed by atoms with Crippen molar-refractivity contribution in [3.05, 3.63) is 82.1 Å². The first-order valence-electron chi connectivity index (χ1n) is 8.77. The second kappa shape index (κ2) is 8.76. The van der Waals surface area contributed by atoms with Crippen molar-refractivity contribution >= 4 is 11.8 Å². The lowest BCUT2D eigenvalue weighted by Gasteiger charge is -2.08. The molecule has 3 rings (SSSR count). The van der Waals surface area contributed by atoms with E-state index in [-0.39, 0.29) is 29.7 Å².